The van der Waals surface area contributed by atoms with Crippen molar-refractivity contribution in [2.24, 2.45) is 0 Å². The zero-order chi connectivity index (χ0) is 13.7. The van der Waals surface area contributed by atoms with Gasteiger partial charge in [0.15, 0.2) is 0 Å². The number of rotatable bonds is 6. The van der Waals surface area contributed by atoms with Crippen molar-refractivity contribution in [3.8, 4) is 0 Å². The summed E-state index contributed by atoms with van der Waals surface area (Å²) >= 11 is 1.67. The van der Waals surface area contributed by atoms with Crippen molar-refractivity contribution in [1.82, 2.24) is 0 Å². The molecule has 8 heteroatoms. The molecule has 0 atom stereocenters. The van der Waals surface area contributed by atoms with Crippen molar-refractivity contribution in [3.05, 3.63) is 31.6 Å². The van der Waals surface area contributed by atoms with E-state index in [0.717, 1.165) is 12.1 Å². The first-order chi connectivity index (χ1) is 8.41. The van der Waals surface area contributed by atoms with Crippen LogP contribution in [0.5, 0.6) is 0 Å². The van der Waals surface area contributed by atoms with Crippen LogP contribution in [0.25, 0.3) is 0 Å². The van der Waals surface area contributed by atoms with E-state index >= 15 is 0 Å². The molecule has 0 aliphatic heterocycles. The summed E-state index contributed by atoms with van der Waals surface area (Å²) < 4.78 is 13.5. The molecule has 0 fully saturated rings. The van der Waals surface area contributed by atoms with Crippen molar-refractivity contribution in [2.45, 2.75) is 12.8 Å². The molecule has 0 aromatic heterocycles. The topological polar surface area (TPSA) is 92.5 Å². The molecule has 0 amide bonds. The Kier molecular flexibility index (Phi) is 5.25. The van der Waals surface area contributed by atoms with Gasteiger partial charge in [0.25, 0.3) is 5.69 Å². The highest BCUT2D eigenvalue weighted by molar-refractivity contribution is 14.1. The molecule has 1 aromatic rings. The van der Waals surface area contributed by atoms with Gasteiger partial charge < -0.3 is 10.4 Å². The summed E-state index contributed by atoms with van der Waals surface area (Å²) in [6.07, 6.45) is 0.258. The zero-order valence-electron chi connectivity index (χ0n) is 9.15. The molecule has 0 saturated heterocycles. The van der Waals surface area contributed by atoms with E-state index in [0.29, 0.717) is 6.42 Å². The SMILES string of the molecule is O=C(O)CCCNc1cc(F)c(I)cc1[N+](=O)[O-]. The molecule has 0 spiro atoms. The van der Waals surface area contributed by atoms with E-state index in [1.54, 1.807) is 22.6 Å². The predicted molar refractivity (Wildman–Crippen MR) is 71.1 cm³/mol. The second-order valence-electron chi connectivity index (χ2n) is 3.46. The van der Waals surface area contributed by atoms with Gasteiger partial charge in [0.05, 0.1) is 8.49 Å². The van der Waals surface area contributed by atoms with E-state index in [-0.39, 0.29) is 27.9 Å². The Balaban J connectivity index is 2.77. The summed E-state index contributed by atoms with van der Waals surface area (Å²) in [7, 11) is 0. The number of hydrogen-bond donors (Lipinski definition) is 2. The first-order valence-electron chi connectivity index (χ1n) is 5.01. The van der Waals surface area contributed by atoms with Crippen LogP contribution in [0.1, 0.15) is 12.8 Å². The number of carboxylic acid groups (broad SMARTS) is 1. The van der Waals surface area contributed by atoms with Gasteiger partial charge in [-0.05, 0) is 29.0 Å². The van der Waals surface area contributed by atoms with Crippen molar-refractivity contribution >= 4 is 39.9 Å². The predicted octanol–water partition coefficient (Wildman–Crippen LogP) is 2.62. The van der Waals surface area contributed by atoms with Crippen LogP contribution in [-0.4, -0.2) is 22.5 Å². The van der Waals surface area contributed by atoms with Crippen molar-refractivity contribution in [3.63, 3.8) is 0 Å². The molecular formula is C10H10FIN2O4. The van der Waals surface area contributed by atoms with Crippen molar-refractivity contribution < 1.29 is 19.2 Å². The summed E-state index contributed by atoms with van der Waals surface area (Å²) in [6.45, 7) is 0.229. The molecule has 2 N–H and O–H groups in total. The number of nitrogens with zero attached hydrogens (tertiary/aromatic N) is 1. The standard InChI is InChI=1S/C10H10FIN2O4/c11-6-4-8(13-3-1-2-10(15)16)9(14(17)18)5-7(6)12/h4-5,13H,1-3H2,(H,15,16). The average Bonchev–Trinajstić information content (AvgIpc) is 2.28. The summed E-state index contributed by atoms with van der Waals surface area (Å²) in [5, 5.41) is 21.9. The molecule has 0 aliphatic carbocycles. The number of benzene rings is 1. The molecule has 1 aromatic carbocycles. The number of carbonyl (C=O) groups is 1. The summed E-state index contributed by atoms with van der Waals surface area (Å²) in [5.41, 5.74) is -0.167. The number of halogens is 2. The second-order valence-corrected chi connectivity index (χ2v) is 4.63. The number of anilines is 1. The highest BCUT2D eigenvalue weighted by atomic mass is 127. The fourth-order valence-electron chi connectivity index (χ4n) is 1.29. The van der Waals surface area contributed by atoms with Crippen LogP contribution in [0.4, 0.5) is 15.8 Å². The third kappa shape index (κ3) is 4.09. The third-order valence-electron chi connectivity index (χ3n) is 2.12. The lowest BCUT2D eigenvalue weighted by molar-refractivity contribution is -0.384. The molecule has 0 heterocycles. The molecule has 0 bridgehead atoms. The van der Waals surface area contributed by atoms with E-state index in [2.05, 4.69) is 5.32 Å². The summed E-state index contributed by atoms with van der Waals surface area (Å²) in [5.74, 6) is -1.50. The number of nitro benzene ring substituents is 1. The second kappa shape index (κ2) is 6.47. The average molecular weight is 368 g/mol. The fourth-order valence-corrected chi connectivity index (χ4v) is 1.74. The van der Waals surface area contributed by atoms with E-state index in [9.17, 15) is 19.3 Å². The van der Waals surface area contributed by atoms with Gasteiger partial charge in [-0.15, -0.1) is 0 Å². The smallest absolute Gasteiger partial charge is 0.303 e. The minimum Gasteiger partial charge on any atom is -0.481 e. The lowest BCUT2D eigenvalue weighted by Gasteiger charge is -2.07. The third-order valence-corrected chi connectivity index (χ3v) is 2.94. The van der Waals surface area contributed by atoms with Crippen LogP contribution in [0, 0.1) is 19.5 Å². The summed E-state index contributed by atoms with van der Waals surface area (Å²) in [6, 6.07) is 2.18. The number of aliphatic carboxylic acids is 1. The minimum atomic E-state index is -0.944. The van der Waals surface area contributed by atoms with Crippen molar-refractivity contribution in [2.75, 3.05) is 11.9 Å². The largest absolute Gasteiger partial charge is 0.481 e. The van der Waals surface area contributed by atoms with Gasteiger partial charge in [0.2, 0.25) is 0 Å². The van der Waals surface area contributed by atoms with Gasteiger partial charge in [-0.1, -0.05) is 0 Å². The molecule has 0 unspecified atom stereocenters. The number of hydrogen-bond acceptors (Lipinski definition) is 4. The molecule has 98 valence electrons. The minimum absolute atomic E-state index is 0.0480. The zero-order valence-corrected chi connectivity index (χ0v) is 11.3. The number of carboxylic acids is 1. The van der Waals surface area contributed by atoms with Crippen LogP contribution in [0.2, 0.25) is 0 Å². The van der Waals surface area contributed by atoms with E-state index in [1.165, 1.54) is 0 Å². The molecule has 1 rings (SSSR count). The highest BCUT2D eigenvalue weighted by Gasteiger charge is 2.17. The Morgan fingerprint density at radius 2 is 2.22 bits per heavy atom. The molecule has 0 aliphatic rings. The Bertz CT molecular complexity index is 481. The fraction of sp³-hybridized carbons (Fsp3) is 0.300. The van der Waals surface area contributed by atoms with Gasteiger partial charge in [-0.2, -0.15) is 0 Å². The Labute approximate surface area is 115 Å². The number of nitrogens with one attached hydrogen (secondary N) is 1. The van der Waals surface area contributed by atoms with E-state index in [1.807, 2.05) is 0 Å². The molecule has 0 radical (unpaired) electrons. The van der Waals surface area contributed by atoms with Crippen LogP contribution in [-0.2, 0) is 4.79 Å². The Hall–Kier alpha value is -1.45. The summed E-state index contributed by atoms with van der Waals surface area (Å²) in [4.78, 5) is 20.4. The highest BCUT2D eigenvalue weighted by Crippen LogP contribution is 2.28. The van der Waals surface area contributed by atoms with E-state index < -0.39 is 16.7 Å². The Morgan fingerprint density at radius 3 is 2.78 bits per heavy atom. The van der Waals surface area contributed by atoms with Gasteiger partial charge in [-0.25, -0.2) is 4.39 Å². The first kappa shape index (κ1) is 14.6. The van der Waals surface area contributed by atoms with Crippen LogP contribution in [0.3, 0.4) is 0 Å². The lowest BCUT2D eigenvalue weighted by atomic mass is 10.2. The quantitative estimate of drug-likeness (QED) is 0.349. The van der Waals surface area contributed by atoms with Crippen LogP contribution in [0.15, 0.2) is 12.1 Å². The van der Waals surface area contributed by atoms with E-state index in [4.69, 9.17) is 5.11 Å². The monoisotopic (exact) mass is 368 g/mol. The van der Waals surface area contributed by atoms with Crippen LogP contribution >= 0.6 is 22.6 Å². The van der Waals surface area contributed by atoms with Gasteiger partial charge in [0.1, 0.15) is 11.5 Å². The van der Waals surface area contributed by atoms with Gasteiger partial charge in [0, 0.05) is 25.1 Å². The Morgan fingerprint density at radius 1 is 1.56 bits per heavy atom. The van der Waals surface area contributed by atoms with Gasteiger partial charge in [-0.3, -0.25) is 14.9 Å². The van der Waals surface area contributed by atoms with Gasteiger partial charge >= 0.3 is 5.97 Å². The molecule has 0 saturated carbocycles. The maximum absolute atomic E-state index is 13.3. The van der Waals surface area contributed by atoms with Crippen molar-refractivity contribution in [1.29, 1.82) is 0 Å². The van der Waals surface area contributed by atoms with Crippen LogP contribution < -0.4 is 5.32 Å². The maximum atomic E-state index is 13.3. The lowest BCUT2D eigenvalue weighted by Crippen LogP contribution is -2.07. The molecule has 18 heavy (non-hydrogen) atoms. The normalized spacial score (nSPS) is 10.1. The number of nitro groups is 1. The molecular weight excluding hydrogens is 358 g/mol. The first-order valence-corrected chi connectivity index (χ1v) is 6.09. The maximum Gasteiger partial charge on any atom is 0.303 e. The molecule has 6 nitrogen and oxygen atoms in total.